The average molecular weight is 471 g/mol. The van der Waals surface area contributed by atoms with E-state index in [-0.39, 0.29) is 5.91 Å². The molecule has 6 nitrogen and oxygen atoms in total. The third-order valence-electron chi connectivity index (χ3n) is 5.94. The summed E-state index contributed by atoms with van der Waals surface area (Å²) in [6.07, 6.45) is 4.31. The number of hydrogen-bond acceptors (Lipinski definition) is 6. The molecule has 1 fully saturated rings. The maximum atomic E-state index is 13.0. The van der Waals surface area contributed by atoms with E-state index in [4.69, 9.17) is 9.72 Å². The maximum Gasteiger partial charge on any atom is 0.255 e. The Morgan fingerprint density at radius 1 is 1.12 bits per heavy atom. The van der Waals surface area contributed by atoms with E-state index in [1.165, 1.54) is 5.56 Å². The molecule has 2 aromatic carbocycles. The molecule has 3 heterocycles. The van der Waals surface area contributed by atoms with Gasteiger partial charge in [0.25, 0.3) is 5.91 Å². The van der Waals surface area contributed by atoms with Crippen molar-refractivity contribution < 1.29 is 9.53 Å². The molecule has 0 radical (unpaired) electrons. The first-order valence-electron chi connectivity index (χ1n) is 11.3. The number of morpholine rings is 1. The van der Waals surface area contributed by atoms with Gasteiger partial charge in [0.1, 0.15) is 0 Å². The molecule has 34 heavy (non-hydrogen) atoms. The van der Waals surface area contributed by atoms with Crippen LogP contribution in [0.2, 0.25) is 0 Å². The molecule has 0 atom stereocenters. The SMILES string of the molecule is Cc1ccc(NC(=O)c2cccc(N3CCOCC3)c2)cc1Cc1nc(-c2cccnc2)cs1. The van der Waals surface area contributed by atoms with Gasteiger partial charge in [-0.15, -0.1) is 11.3 Å². The van der Waals surface area contributed by atoms with E-state index in [1.807, 2.05) is 60.8 Å². The average Bonchev–Trinajstić information content (AvgIpc) is 3.36. The normalized spacial score (nSPS) is 13.6. The quantitative estimate of drug-likeness (QED) is 0.420. The van der Waals surface area contributed by atoms with Crippen LogP contribution in [-0.4, -0.2) is 42.2 Å². The lowest BCUT2D eigenvalue weighted by atomic mass is 10.0. The van der Waals surface area contributed by atoms with Gasteiger partial charge < -0.3 is 15.0 Å². The fourth-order valence-electron chi connectivity index (χ4n) is 4.01. The minimum atomic E-state index is -0.113. The predicted octanol–water partition coefficient (Wildman–Crippen LogP) is 5.19. The van der Waals surface area contributed by atoms with Crippen molar-refractivity contribution in [3.05, 3.63) is 94.1 Å². The maximum absolute atomic E-state index is 13.0. The highest BCUT2D eigenvalue weighted by molar-refractivity contribution is 7.10. The molecule has 0 bridgehead atoms. The Balaban J connectivity index is 1.29. The van der Waals surface area contributed by atoms with E-state index < -0.39 is 0 Å². The number of benzene rings is 2. The van der Waals surface area contributed by atoms with Crippen molar-refractivity contribution in [3.63, 3.8) is 0 Å². The summed E-state index contributed by atoms with van der Waals surface area (Å²) in [6, 6.07) is 17.8. The molecule has 0 spiro atoms. The number of aryl methyl sites for hydroxylation is 1. The first kappa shape index (κ1) is 22.3. The molecule has 2 aromatic heterocycles. The van der Waals surface area contributed by atoms with Crippen molar-refractivity contribution in [1.82, 2.24) is 9.97 Å². The van der Waals surface area contributed by atoms with Crippen LogP contribution in [0.15, 0.2) is 72.4 Å². The van der Waals surface area contributed by atoms with Crippen LogP contribution in [0.4, 0.5) is 11.4 Å². The number of carbonyl (C=O) groups is 1. The fraction of sp³-hybridized carbons (Fsp3) is 0.222. The van der Waals surface area contributed by atoms with E-state index in [9.17, 15) is 4.79 Å². The van der Waals surface area contributed by atoms with Gasteiger partial charge >= 0.3 is 0 Å². The first-order valence-corrected chi connectivity index (χ1v) is 12.2. The van der Waals surface area contributed by atoms with Crippen molar-refractivity contribution in [2.24, 2.45) is 0 Å². The number of amides is 1. The fourth-order valence-corrected chi connectivity index (χ4v) is 4.84. The summed E-state index contributed by atoms with van der Waals surface area (Å²) in [5.74, 6) is -0.113. The standard InChI is InChI=1S/C27H26N4O2S/c1-19-7-8-23(14-22(19)16-26-30-25(18-34-26)21-5-3-9-28-17-21)29-27(32)20-4-2-6-24(15-20)31-10-12-33-13-11-31/h2-9,14-15,17-18H,10-13,16H2,1H3,(H,29,32). The van der Waals surface area contributed by atoms with Crippen molar-refractivity contribution in [3.8, 4) is 11.3 Å². The molecule has 5 rings (SSSR count). The van der Waals surface area contributed by atoms with Gasteiger partial charge in [0.2, 0.25) is 0 Å². The van der Waals surface area contributed by atoms with Crippen LogP contribution in [0.1, 0.15) is 26.5 Å². The second kappa shape index (κ2) is 10.2. The lowest BCUT2D eigenvalue weighted by Crippen LogP contribution is -2.36. The Hall–Kier alpha value is -3.55. The van der Waals surface area contributed by atoms with Crippen LogP contribution in [0, 0.1) is 6.92 Å². The molecular formula is C27H26N4O2S. The van der Waals surface area contributed by atoms with E-state index in [1.54, 1.807) is 17.5 Å². The van der Waals surface area contributed by atoms with E-state index in [0.717, 1.165) is 46.3 Å². The first-order chi connectivity index (χ1) is 16.7. The van der Waals surface area contributed by atoms with Crippen LogP contribution in [0.25, 0.3) is 11.3 Å². The summed E-state index contributed by atoms with van der Waals surface area (Å²) in [5, 5.41) is 6.16. The van der Waals surface area contributed by atoms with Gasteiger partial charge in [-0.2, -0.15) is 0 Å². The molecule has 1 aliphatic heterocycles. The Morgan fingerprint density at radius 3 is 2.82 bits per heavy atom. The van der Waals surface area contributed by atoms with Crippen molar-refractivity contribution in [2.75, 3.05) is 36.5 Å². The zero-order valence-corrected chi connectivity index (χ0v) is 19.8. The zero-order valence-electron chi connectivity index (χ0n) is 19.0. The number of thiazole rings is 1. The van der Waals surface area contributed by atoms with Gasteiger partial charge in [-0.25, -0.2) is 4.98 Å². The summed E-state index contributed by atoms with van der Waals surface area (Å²) in [5.41, 5.74) is 6.75. The van der Waals surface area contributed by atoms with Crippen molar-refractivity contribution in [1.29, 1.82) is 0 Å². The lowest BCUT2D eigenvalue weighted by molar-refractivity contribution is 0.102. The van der Waals surface area contributed by atoms with E-state index >= 15 is 0 Å². The molecule has 1 N–H and O–H groups in total. The number of rotatable bonds is 6. The smallest absolute Gasteiger partial charge is 0.255 e. The third-order valence-corrected chi connectivity index (χ3v) is 6.79. The van der Waals surface area contributed by atoms with Crippen LogP contribution in [0.5, 0.6) is 0 Å². The molecular weight excluding hydrogens is 444 g/mol. The van der Waals surface area contributed by atoms with Gasteiger partial charge in [0.05, 0.1) is 23.9 Å². The van der Waals surface area contributed by atoms with Crippen LogP contribution in [0.3, 0.4) is 0 Å². The number of pyridine rings is 1. The molecule has 172 valence electrons. The number of carbonyl (C=O) groups excluding carboxylic acids is 1. The second-order valence-electron chi connectivity index (χ2n) is 8.29. The number of aromatic nitrogens is 2. The topological polar surface area (TPSA) is 67.4 Å². The Morgan fingerprint density at radius 2 is 2.00 bits per heavy atom. The number of ether oxygens (including phenoxy) is 1. The molecule has 1 aliphatic rings. The Kier molecular flexibility index (Phi) is 6.65. The lowest BCUT2D eigenvalue weighted by Gasteiger charge is -2.29. The van der Waals surface area contributed by atoms with Gasteiger partial charge in [0, 0.05) is 59.8 Å². The van der Waals surface area contributed by atoms with Crippen LogP contribution >= 0.6 is 11.3 Å². The molecule has 1 saturated heterocycles. The largest absolute Gasteiger partial charge is 0.378 e. The Bertz CT molecular complexity index is 1280. The summed E-state index contributed by atoms with van der Waals surface area (Å²) in [7, 11) is 0. The molecule has 7 heteroatoms. The highest BCUT2D eigenvalue weighted by Gasteiger charge is 2.14. The van der Waals surface area contributed by atoms with Crippen molar-refractivity contribution in [2.45, 2.75) is 13.3 Å². The minimum absolute atomic E-state index is 0.113. The van der Waals surface area contributed by atoms with Gasteiger partial charge in [-0.3, -0.25) is 9.78 Å². The second-order valence-corrected chi connectivity index (χ2v) is 9.23. The van der Waals surface area contributed by atoms with E-state index in [0.29, 0.717) is 25.2 Å². The molecule has 0 aliphatic carbocycles. The number of hydrogen-bond donors (Lipinski definition) is 1. The van der Waals surface area contributed by atoms with Crippen LogP contribution in [-0.2, 0) is 11.2 Å². The summed E-state index contributed by atoms with van der Waals surface area (Å²) >= 11 is 1.64. The van der Waals surface area contributed by atoms with Crippen molar-refractivity contribution >= 4 is 28.6 Å². The molecule has 0 saturated carbocycles. The number of nitrogens with one attached hydrogen (secondary N) is 1. The summed E-state index contributed by atoms with van der Waals surface area (Å²) in [6.45, 7) is 5.19. The highest BCUT2D eigenvalue weighted by Crippen LogP contribution is 2.25. The predicted molar refractivity (Wildman–Crippen MR) is 137 cm³/mol. The highest BCUT2D eigenvalue weighted by atomic mass is 32.1. The molecule has 0 unspecified atom stereocenters. The Labute approximate surface area is 203 Å². The zero-order chi connectivity index (χ0) is 23.3. The molecule has 4 aromatic rings. The number of anilines is 2. The molecule has 1 amide bonds. The van der Waals surface area contributed by atoms with Crippen LogP contribution < -0.4 is 10.2 Å². The van der Waals surface area contributed by atoms with E-state index in [2.05, 4.69) is 27.5 Å². The third kappa shape index (κ3) is 5.16. The van der Waals surface area contributed by atoms with Gasteiger partial charge in [0.15, 0.2) is 0 Å². The minimum Gasteiger partial charge on any atom is -0.378 e. The van der Waals surface area contributed by atoms with Gasteiger partial charge in [-0.05, 0) is 60.5 Å². The summed E-state index contributed by atoms with van der Waals surface area (Å²) < 4.78 is 5.44. The van der Waals surface area contributed by atoms with Gasteiger partial charge in [-0.1, -0.05) is 12.1 Å². The monoisotopic (exact) mass is 470 g/mol. The number of nitrogens with zero attached hydrogens (tertiary/aromatic N) is 3. The summed E-state index contributed by atoms with van der Waals surface area (Å²) in [4.78, 5) is 24.2.